The average Bonchev–Trinajstić information content (AvgIpc) is 2.74. The van der Waals surface area contributed by atoms with Gasteiger partial charge in [-0.05, 0) is 44.0 Å². The van der Waals surface area contributed by atoms with Crippen LogP contribution in [0.1, 0.15) is 36.8 Å². The van der Waals surface area contributed by atoms with Gasteiger partial charge in [-0.2, -0.15) is 0 Å². The SMILES string of the molecule is CCOC(=O)C1=C[C@H](c2ccccc2)C[C@@H](CC=O)N1S(=O)(=O)c1ccc(C)cc1. The summed E-state index contributed by atoms with van der Waals surface area (Å²) in [6.45, 7) is 3.64. The van der Waals surface area contributed by atoms with Crippen LogP contribution in [0.25, 0.3) is 0 Å². The number of hydrogen-bond acceptors (Lipinski definition) is 5. The third-order valence-corrected chi connectivity index (χ3v) is 6.99. The molecule has 2 aromatic carbocycles. The first kappa shape index (κ1) is 21.8. The van der Waals surface area contributed by atoms with E-state index in [1.807, 2.05) is 37.3 Å². The van der Waals surface area contributed by atoms with Crippen LogP contribution in [0, 0.1) is 6.92 Å². The van der Waals surface area contributed by atoms with Crippen LogP contribution in [0.15, 0.2) is 71.3 Å². The molecule has 2 atom stereocenters. The molecular weight excluding hydrogens is 402 g/mol. The van der Waals surface area contributed by atoms with E-state index in [1.165, 1.54) is 12.1 Å². The van der Waals surface area contributed by atoms with Crippen LogP contribution in [0.3, 0.4) is 0 Å². The number of benzene rings is 2. The highest BCUT2D eigenvalue weighted by Gasteiger charge is 2.41. The fourth-order valence-electron chi connectivity index (χ4n) is 3.67. The summed E-state index contributed by atoms with van der Waals surface area (Å²) < 4.78 is 33.3. The minimum absolute atomic E-state index is 0.0226. The second kappa shape index (κ2) is 9.26. The van der Waals surface area contributed by atoms with Gasteiger partial charge in [0, 0.05) is 12.3 Å². The Labute approximate surface area is 177 Å². The van der Waals surface area contributed by atoms with Gasteiger partial charge in [0.2, 0.25) is 0 Å². The van der Waals surface area contributed by atoms with Crippen molar-refractivity contribution in [3.63, 3.8) is 0 Å². The van der Waals surface area contributed by atoms with E-state index in [-0.39, 0.29) is 29.5 Å². The molecule has 0 fully saturated rings. The maximum Gasteiger partial charge on any atom is 0.355 e. The predicted octanol–water partition coefficient (Wildman–Crippen LogP) is 3.58. The minimum atomic E-state index is -4.06. The van der Waals surface area contributed by atoms with E-state index in [0.29, 0.717) is 12.7 Å². The Bertz CT molecular complexity index is 1030. The molecule has 2 aromatic rings. The summed E-state index contributed by atoms with van der Waals surface area (Å²) in [7, 11) is -4.06. The normalized spacial score (nSPS) is 19.1. The lowest BCUT2D eigenvalue weighted by molar-refractivity contribution is -0.140. The van der Waals surface area contributed by atoms with Gasteiger partial charge in [0.15, 0.2) is 0 Å². The molecule has 30 heavy (non-hydrogen) atoms. The van der Waals surface area contributed by atoms with Crippen LogP contribution >= 0.6 is 0 Å². The number of sulfonamides is 1. The number of hydrogen-bond donors (Lipinski definition) is 0. The molecule has 1 aliphatic heterocycles. The maximum absolute atomic E-state index is 13.5. The first-order valence-corrected chi connectivity index (χ1v) is 11.3. The second-order valence-electron chi connectivity index (χ2n) is 7.20. The third-order valence-electron chi connectivity index (χ3n) is 5.11. The van der Waals surface area contributed by atoms with Gasteiger partial charge in [-0.3, -0.25) is 4.31 Å². The van der Waals surface area contributed by atoms with Gasteiger partial charge in [0.05, 0.1) is 17.5 Å². The molecule has 0 bridgehead atoms. The van der Waals surface area contributed by atoms with Crippen LogP contribution in [0.5, 0.6) is 0 Å². The molecule has 3 rings (SSSR count). The molecular formula is C23H25NO5S. The van der Waals surface area contributed by atoms with E-state index in [4.69, 9.17) is 4.74 Å². The Morgan fingerprint density at radius 3 is 2.40 bits per heavy atom. The van der Waals surface area contributed by atoms with Crippen LogP contribution in [-0.2, 0) is 24.3 Å². The molecule has 0 radical (unpaired) electrons. The highest BCUT2D eigenvalue weighted by atomic mass is 32.2. The lowest BCUT2D eigenvalue weighted by Crippen LogP contribution is -2.45. The van der Waals surface area contributed by atoms with Crippen molar-refractivity contribution in [2.75, 3.05) is 6.61 Å². The smallest absolute Gasteiger partial charge is 0.355 e. The molecule has 0 saturated heterocycles. The second-order valence-corrected chi connectivity index (χ2v) is 9.01. The number of esters is 1. The zero-order valence-corrected chi connectivity index (χ0v) is 17.8. The van der Waals surface area contributed by atoms with Crippen molar-refractivity contribution in [1.29, 1.82) is 0 Å². The Kier molecular flexibility index (Phi) is 6.72. The number of rotatable bonds is 7. The van der Waals surface area contributed by atoms with Crippen LogP contribution < -0.4 is 0 Å². The third kappa shape index (κ3) is 4.46. The number of nitrogens with zero attached hydrogens (tertiary/aromatic N) is 1. The number of carbonyl (C=O) groups excluding carboxylic acids is 2. The topological polar surface area (TPSA) is 80.8 Å². The summed E-state index contributed by atoms with van der Waals surface area (Å²) in [5.41, 5.74) is 1.81. The standard InChI is InChI=1S/C23H25NO5S/c1-3-29-23(26)22-16-19(18-7-5-4-6-8-18)15-20(13-14-25)24(22)30(27,28)21-11-9-17(2)10-12-21/h4-12,14,16,19-20H,3,13,15H2,1-2H3/t19-,20-/m1/s1. The van der Waals surface area contributed by atoms with Crippen LogP contribution in [-0.4, -0.2) is 37.6 Å². The van der Waals surface area contributed by atoms with Crippen molar-refractivity contribution in [3.05, 3.63) is 77.5 Å². The Hall–Kier alpha value is -2.93. The Morgan fingerprint density at radius 2 is 1.80 bits per heavy atom. The fraction of sp³-hybridized carbons (Fsp3) is 0.304. The zero-order valence-electron chi connectivity index (χ0n) is 17.0. The molecule has 0 saturated carbocycles. The molecule has 0 amide bonds. The summed E-state index contributed by atoms with van der Waals surface area (Å²) in [6, 6.07) is 15.2. The van der Waals surface area contributed by atoms with Crippen molar-refractivity contribution < 1.29 is 22.7 Å². The van der Waals surface area contributed by atoms with E-state index in [1.54, 1.807) is 25.1 Å². The van der Waals surface area contributed by atoms with Gasteiger partial charge < -0.3 is 9.53 Å². The molecule has 0 unspecified atom stereocenters. The fourth-order valence-corrected chi connectivity index (χ4v) is 5.33. The molecule has 0 spiro atoms. The maximum atomic E-state index is 13.5. The van der Waals surface area contributed by atoms with Crippen molar-refractivity contribution in [2.24, 2.45) is 0 Å². The summed E-state index contributed by atoms with van der Waals surface area (Å²) in [5, 5.41) is 0. The van der Waals surface area contributed by atoms with Gasteiger partial charge in [-0.1, -0.05) is 48.0 Å². The zero-order chi connectivity index (χ0) is 21.7. The number of allylic oxidation sites excluding steroid dienone is 1. The largest absolute Gasteiger partial charge is 0.461 e. The Balaban J connectivity index is 2.14. The van der Waals surface area contributed by atoms with E-state index >= 15 is 0 Å². The Morgan fingerprint density at radius 1 is 1.13 bits per heavy atom. The monoisotopic (exact) mass is 427 g/mol. The average molecular weight is 428 g/mol. The highest BCUT2D eigenvalue weighted by Crippen LogP contribution is 2.37. The van der Waals surface area contributed by atoms with Gasteiger partial charge in [0.25, 0.3) is 10.0 Å². The minimum Gasteiger partial charge on any atom is -0.461 e. The van der Waals surface area contributed by atoms with Gasteiger partial charge in [0.1, 0.15) is 12.0 Å². The van der Waals surface area contributed by atoms with E-state index < -0.39 is 22.0 Å². The number of aldehydes is 1. The molecule has 158 valence electrons. The van der Waals surface area contributed by atoms with Gasteiger partial charge in [-0.25, -0.2) is 13.2 Å². The quantitative estimate of drug-likeness (QED) is 0.498. The first-order chi connectivity index (χ1) is 14.4. The summed E-state index contributed by atoms with van der Waals surface area (Å²) in [5.74, 6) is -0.926. The van der Waals surface area contributed by atoms with Crippen LogP contribution in [0.4, 0.5) is 0 Å². The first-order valence-electron chi connectivity index (χ1n) is 9.87. The molecule has 6 nitrogen and oxygen atoms in total. The van der Waals surface area contributed by atoms with E-state index in [2.05, 4.69) is 0 Å². The molecule has 1 heterocycles. The molecule has 0 aliphatic carbocycles. The lowest BCUT2D eigenvalue weighted by Gasteiger charge is -2.38. The molecule has 1 aliphatic rings. The molecule has 7 heteroatoms. The summed E-state index contributed by atoms with van der Waals surface area (Å²) in [4.78, 5) is 24.3. The van der Waals surface area contributed by atoms with E-state index in [9.17, 15) is 18.0 Å². The summed E-state index contributed by atoms with van der Waals surface area (Å²) >= 11 is 0. The molecule has 0 N–H and O–H groups in total. The number of aryl methyl sites for hydroxylation is 1. The number of ether oxygens (including phenoxy) is 1. The van der Waals surface area contributed by atoms with Crippen molar-refractivity contribution in [2.45, 2.75) is 43.5 Å². The summed E-state index contributed by atoms with van der Waals surface area (Å²) in [6.07, 6.45) is 2.70. The van der Waals surface area contributed by atoms with Crippen LogP contribution in [0.2, 0.25) is 0 Å². The van der Waals surface area contributed by atoms with Crippen molar-refractivity contribution in [3.8, 4) is 0 Å². The van der Waals surface area contributed by atoms with E-state index in [0.717, 1.165) is 15.4 Å². The number of carbonyl (C=O) groups is 2. The molecule has 0 aromatic heterocycles. The van der Waals surface area contributed by atoms with Crippen molar-refractivity contribution in [1.82, 2.24) is 4.31 Å². The highest BCUT2D eigenvalue weighted by molar-refractivity contribution is 7.89. The predicted molar refractivity (Wildman–Crippen MR) is 113 cm³/mol. The van der Waals surface area contributed by atoms with Crippen molar-refractivity contribution >= 4 is 22.3 Å². The lowest BCUT2D eigenvalue weighted by atomic mass is 9.87. The van der Waals surface area contributed by atoms with Gasteiger partial charge in [-0.15, -0.1) is 0 Å². The van der Waals surface area contributed by atoms with Gasteiger partial charge >= 0.3 is 5.97 Å².